The fraction of sp³-hybridized carbons (Fsp3) is 0.333. The van der Waals surface area contributed by atoms with Gasteiger partial charge >= 0.3 is 5.97 Å². The number of benzene rings is 1. The fourth-order valence-electron chi connectivity index (χ4n) is 1.78. The Kier molecular flexibility index (Phi) is 2.90. The zero-order valence-electron chi connectivity index (χ0n) is 9.18. The van der Waals surface area contributed by atoms with Crippen LogP contribution in [0.15, 0.2) is 29.3 Å². The molecular weight excluding hydrogens is 204 g/mol. The monoisotopic (exact) mass is 218 g/mol. The summed E-state index contributed by atoms with van der Waals surface area (Å²) in [5.74, 6) is -0.0240. The molecule has 1 aromatic carbocycles. The van der Waals surface area contributed by atoms with Crippen LogP contribution in [0, 0.1) is 6.92 Å². The number of rotatable bonds is 3. The summed E-state index contributed by atoms with van der Waals surface area (Å²) < 4.78 is 0. The summed E-state index contributed by atoms with van der Waals surface area (Å²) in [6.07, 6.45) is 0. The van der Waals surface area contributed by atoms with E-state index in [1.807, 2.05) is 31.2 Å². The normalized spacial score (nSPS) is 15.1. The topological polar surface area (TPSA) is 52.9 Å². The van der Waals surface area contributed by atoms with Gasteiger partial charge in [0.1, 0.15) is 12.4 Å². The van der Waals surface area contributed by atoms with Crippen LogP contribution in [-0.2, 0) is 4.79 Å². The van der Waals surface area contributed by atoms with Crippen molar-refractivity contribution in [1.82, 2.24) is 4.90 Å². The van der Waals surface area contributed by atoms with E-state index in [1.165, 1.54) is 5.56 Å². The molecular formula is C12H14N2O2. The van der Waals surface area contributed by atoms with Crippen LogP contribution in [0.2, 0.25) is 0 Å². The summed E-state index contributed by atoms with van der Waals surface area (Å²) in [6.45, 7) is 3.41. The predicted octanol–water partition coefficient (Wildman–Crippen LogP) is 1.14. The zero-order valence-corrected chi connectivity index (χ0v) is 9.18. The van der Waals surface area contributed by atoms with Gasteiger partial charge in [-0.3, -0.25) is 9.79 Å². The first kappa shape index (κ1) is 10.7. The molecule has 0 amide bonds. The Bertz CT molecular complexity index is 423. The number of aryl methyl sites for hydroxylation is 1. The van der Waals surface area contributed by atoms with E-state index in [9.17, 15) is 4.79 Å². The second-order valence-electron chi connectivity index (χ2n) is 3.89. The van der Waals surface area contributed by atoms with Crippen molar-refractivity contribution in [3.05, 3.63) is 35.4 Å². The van der Waals surface area contributed by atoms with Crippen molar-refractivity contribution in [1.29, 1.82) is 0 Å². The van der Waals surface area contributed by atoms with E-state index >= 15 is 0 Å². The highest BCUT2D eigenvalue weighted by Gasteiger charge is 2.20. The molecule has 1 aromatic rings. The van der Waals surface area contributed by atoms with E-state index in [1.54, 1.807) is 4.90 Å². The van der Waals surface area contributed by atoms with Gasteiger partial charge < -0.3 is 10.0 Å². The van der Waals surface area contributed by atoms with Crippen LogP contribution in [-0.4, -0.2) is 41.4 Å². The number of hydrogen-bond acceptors (Lipinski definition) is 3. The quantitative estimate of drug-likeness (QED) is 0.827. The standard InChI is InChI=1S/C12H14N2O2/c1-9-2-4-10(5-3-9)12-13-6-7-14(12)8-11(15)16/h2-5H,6-8H2,1H3,(H,15,16). The SMILES string of the molecule is Cc1ccc(C2=NCCN2CC(=O)O)cc1. The van der Waals surface area contributed by atoms with Crippen LogP contribution in [0.1, 0.15) is 11.1 Å². The highest BCUT2D eigenvalue weighted by Crippen LogP contribution is 2.12. The summed E-state index contributed by atoms with van der Waals surface area (Å²) in [5.41, 5.74) is 2.18. The maximum absolute atomic E-state index is 10.7. The van der Waals surface area contributed by atoms with Crippen LogP contribution in [0.25, 0.3) is 0 Å². The number of nitrogens with zero attached hydrogens (tertiary/aromatic N) is 2. The van der Waals surface area contributed by atoms with Gasteiger partial charge in [0.25, 0.3) is 0 Å². The second-order valence-corrected chi connectivity index (χ2v) is 3.89. The Balaban J connectivity index is 2.19. The minimum Gasteiger partial charge on any atom is -0.480 e. The minimum atomic E-state index is -0.818. The average molecular weight is 218 g/mol. The number of aliphatic carboxylic acids is 1. The Morgan fingerprint density at radius 3 is 2.75 bits per heavy atom. The fourth-order valence-corrected chi connectivity index (χ4v) is 1.78. The molecule has 0 saturated carbocycles. The molecule has 2 rings (SSSR count). The number of carboxylic acids is 1. The lowest BCUT2D eigenvalue weighted by atomic mass is 10.1. The molecule has 1 aliphatic heterocycles. The Labute approximate surface area is 94.2 Å². The zero-order chi connectivity index (χ0) is 11.5. The first-order chi connectivity index (χ1) is 7.66. The Morgan fingerprint density at radius 1 is 1.44 bits per heavy atom. The van der Waals surface area contributed by atoms with Crippen LogP contribution < -0.4 is 0 Å². The van der Waals surface area contributed by atoms with Crippen molar-refractivity contribution in [2.45, 2.75) is 6.92 Å². The molecule has 0 radical (unpaired) electrons. The van der Waals surface area contributed by atoms with E-state index in [2.05, 4.69) is 4.99 Å². The van der Waals surface area contributed by atoms with Gasteiger partial charge in [-0.2, -0.15) is 0 Å². The lowest BCUT2D eigenvalue weighted by Gasteiger charge is -2.17. The number of aliphatic imine (C=N–C) groups is 1. The molecule has 0 atom stereocenters. The molecule has 1 heterocycles. The third kappa shape index (κ3) is 2.21. The van der Waals surface area contributed by atoms with E-state index in [0.29, 0.717) is 13.1 Å². The van der Waals surface area contributed by atoms with E-state index in [-0.39, 0.29) is 6.54 Å². The molecule has 0 saturated heterocycles. The number of amidine groups is 1. The van der Waals surface area contributed by atoms with Crippen molar-refractivity contribution in [2.24, 2.45) is 4.99 Å². The molecule has 0 fully saturated rings. The van der Waals surface area contributed by atoms with Crippen LogP contribution in [0.4, 0.5) is 0 Å². The highest BCUT2D eigenvalue weighted by atomic mass is 16.4. The number of carbonyl (C=O) groups is 1. The summed E-state index contributed by atoms with van der Waals surface area (Å²) in [7, 11) is 0. The smallest absolute Gasteiger partial charge is 0.323 e. The lowest BCUT2D eigenvalue weighted by Crippen LogP contribution is -2.33. The van der Waals surface area contributed by atoms with Crippen molar-refractivity contribution in [3.8, 4) is 0 Å². The van der Waals surface area contributed by atoms with Gasteiger partial charge in [0.2, 0.25) is 0 Å². The largest absolute Gasteiger partial charge is 0.480 e. The number of hydrogen-bond donors (Lipinski definition) is 1. The molecule has 0 bridgehead atoms. The van der Waals surface area contributed by atoms with E-state index in [4.69, 9.17) is 5.11 Å². The summed E-state index contributed by atoms with van der Waals surface area (Å²) in [4.78, 5) is 16.8. The van der Waals surface area contributed by atoms with E-state index < -0.39 is 5.97 Å². The molecule has 1 aliphatic rings. The molecule has 4 heteroatoms. The molecule has 0 aliphatic carbocycles. The van der Waals surface area contributed by atoms with Crippen molar-refractivity contribution >= 4 is 11.8 Å². The van der Waals surface area contributed by atoms with E-state index in [0.717, 1.165) is 11.4 Å². The maximum Gasteiger partial charge on any atom is 0.323 e. The first-order valence-electron chi connectivity index (χ1n) is 5.25. The summed E-state index contributed by atoms with van der Waals surface area (Å²) >= 11 is 0. The Morgan fingerprint density at radius 2 is 2.12 bits per heavy atom. The van der Waals surface area contributed by atoms with Gasteiger partial charge in [0.15, 0.2) is 0 Å². The third-order valence-corrected chi connectivity index (χ3v) is 2.57. The molecule has 0 spiro atoms. The van der Waals surface area contributed by atoms with Crippen molar-refractivity contribution in [2.75, 3.05) is 19.6 Å². The molecule has 16 heavy (non-hydrogen) atoms. The maximum atomic E-state index is 10.7. The Hall–Kier alpha value is -1.84. The molecule has 4 nitrogen and oxygen atoms in total. The highest BCUT2D eigenvalue weighted by molar-refractivity contribution is 6.01. The second kappa shape index (κ2) is 4.35. The van der Waals surface area contributed by atoms with Gasteiger partial charge in [0, 0.05) is 12.1 Å². The predicted molar refractivity (Wildman–Crippen MR) is 61.8 cm³/mol. The van der Waals surface area contributed by atoms with Crippen LogP contribution in [0.5, 0.6) is 0 Å². The van der Waals surface area contributed by atoms with Crippen molar-refractivity contribution < 1.29 is 9.90 Å². The van der Waals surface area contributed by atoms with Gasteiger partial charge in [-0.05, 0) is 6.92 Å². The summed E-state index contributed by atoms with van der Waals surface area (Å²) in [5, 5.41) is 8.79. The average Bonchev–Trinajstić information content (AvgIpc) is 2.66. The molecule has 84 valence electrons. The van der Waals surface area contributed by atoms with Gasteiger partial charge in [-0.15, -0.1) is 0 Å². The lowest BCUT2D eigenvalue weighted by molar-refractivity contribution is -0.137. The first-order valence-corrected chi connectivity index (χ1v) is 5.25. The van der Waals surface area contributed by atoms with Crippen LogP contribution in [0.3, 0.4) is 0 Å². The molecule has 0 unspecified atom stereocenters. The third-order valence-electron chi connectivity index (χ3n) is 2.57. The van der Waals surface area contributed by atoms with Gasteiger partial charge in [0.05, 0.1) is 6.54 Å². The minimum absolute atomic E-state index is 0.0205. The van der Waals surface area contributed by atoms with Crippen LogP contribution >= 0.6 is 0 Å². The van der Waals surface area contributed by atoms with Gasteiger partial charge in [-0.25, -0.2) is 0 Å². The summed E-state index contributed by atoms with van der Waals surface area (Å²) in [6, 6.07) is 7.98. The molecule has 1 N–H and O–H groups in total. The number of carboxylic acid groups (broad SMARTS) is 1. The van der Waals surface area contributed by atoms with Crippen molar-refractivity contribution in [3.63, 3.8) is 0 Å². The molecule has 0 aromatic heterocycles. The van der Waals surface area contributed by atoms with Gasteiger partial charge in [-0.1, -0.05) is 29.8 Å².